The Morgan fingerprint density at radius 2 is 2.00 bits per heavy atom. The highest BCUT2D eigenvalue weighted by Crippen LogP contribution is 2.25. The van der Waals surface area contributed by atoms with Crippen LogP contribution in [0.15, 0.2) is 30.3 Å². The van der Waals surface area contributed by atoms with Gasteiger partial charge in [0.25, 0.3) is 0 Å². The third kappa shape index (κ3) is 5.03. The summed E-state index contributed by atoms with van der Waals surface area (Å²) in [5.41, 5.74) is 6.70. The summed E-state index contributed by atoms with van der Waals surface area (Å²) in [5.74, 6) is -0.666. The Kier molecular flexibility index (Phi) is 6.52. The molecule has 0 saturated carbocycles. The Morgan fingerprint density at radius 1 is 1.32 bits per heavy atom. The molecule has 3 amide bonds. The van der Waals surface area contributed by atoms with Gasteiger partial charge in [-0.1, -0.05) is 44.2 Å². The molecule has 1 aliphatic heterocycles. The maximum absolute atomic E-state index is 12.7. The third-order valence-electron chi connectivity index (χ3n) is 4.37. The predicted molar refractivity (Wildman–Crippen MR) is 94.3 cm³/mol. The summed E-state index contributed by atoms with van der Waals surface area (Å²) in [5, 5.41) is 5.39. The van der Waals surface area contributed by atoms with Crippen molar-refractivity contribution in [2.45, 2.75) is 32.4 Å². The molecule has 25 heavy (non-hydrogen) atoms. The summed E-state index contributed by atoms with van der Waals surface area (Å²) in [6.45, 7) is 4.37. The van der Waals surface area contributed by atoms with Crippen molar-refractivity contribution in [2.24, 2.45) is 11.7 Å². The fraction of sp³-hybridized carbons (Fsp3) is 0.500. The van der Waals surface area contributed by atoms with Gasteiger partial charge in [0.2, 0.25) is 17.7 Å². The molecule has 0 aromatic heterocycles. The molecule has 7 nitrogen and oxygen atoms in total. The molecule has 1 aliphatic rings. The van der Waals surface area contributed by atoms with Crippen LogP contribution < -0.4 is 16.4 Å². The number of rotatable bonds is 5. The van der Waals surface area contributed by atoms with Gasteiger partial charge >= 0.3 is 0 Å². The standard InChI is InChI=1S/C18H26N4O3/c1-12(2)17(19)18(25)21-11-16(24)22-9-8-20-15(23)10-14(22)13-6-4-3-5-7-13/h3-7,12,14,17H,8-11,19H2,1-2H3,(H,20,23)(H,21,25)/t14?,17-/m0/s1. The van der Waals surface area contributed by atoms with Crippen molar-refractivity contribution in [2.75, 3.05) is 19.6 Å². The van der Waals surface area contributed by atoms with Gasteiger partial charge in [-0.3, -0.25) is 14.4 Å². The van der Waals surface area contributed by atoms with Gasteiger partial charge in [-0.2, -0.15) is 0 Å². The van der Waals surface area contributed by atoms with Gasteiger partial charge in [0.05, 0.1) is 25.0 Å². The van der Waals surface area contributed by atoms with E-state index >= 15 is 0 Å². The maximum atomic E-state index is 12.7. The van der Waals surface area contributed by atoms with Crippen LogP contribution in [0.1, 0.15) is 31.9 Å². The van der Waals surface area contributed by atoms with Gasteiger partial charge in [-0.15, -0.1) is 0 Å². The fourth-order valence-electron chi connectivity index (χ4n) is 2.79. The summed E-state index contributed by atoms with van der Waals surface area (Å²) in [7, 11) is 0. The van der Waals surface area contributed by atoms with E-state index in [-0.39, 0.29) is 42.6 Å². The van der Waals surface area contributed by atoms with Crippen LogP contribution in [0.5, 0.6) is 0 Å². The van der Waals surface area contributed by atoms with Crippen LogP contribution in [-0.4, -0.2) is 48.3 Å². The lowest BCUT2D eigenvalue weighted by atomic mass is 10.0. The Morgan fingerprint density at radius 3 is 2.64 bits per heavy atom. The monoisotopic (exact) mass is 346 g/mol. The van der Waals surface area contributed by atoms with Crippen LogP contribution in [0.4, 0.5) is 0 Å². The molecule has 1 aromatic rings. The number of nitrogens with zero attached hydrogens (tertiary/aromatic N) is 1. The molecule has 0 radical (unpaired) electrons. The molecular weight excluding hydrogens is 320 g/mol. The molecule has 2 rings (SSSR count). The molecule has 1 saturated heterocycles. The van der Waals surface area contributed by atoms with E-state index in [1.165, 1.54) is 0 Å². The van der Waals surface area contributed by atoms with Crippen LogP contribution in [0, 0.1) is 5.92 Å². The fourth-order valence-corrected chi connectivity index (χ4v) is 2.79. The van der Waals surface area contributed by atoms with E-state index in [1.54, 1.807) is 4.90 Å². The van der Waals surface area contributed by atoms with Gasteiger partial charge in [0.1, 0.15) is 0 Å². The van der Waals surface area contributed by atoms with Crippen LogP contribution in [-0.2, 0) is 14.4 Å². The summed E-state index contributed by atoms with van der Waals surface area (Å²) >= 11 is 0. The number of amides is 3. The number of nitrogens with one attached hydrogen (secondary N) is 2. The summed E-state index contributed by atoms with van der Waals surface area (Å²) in [6.07, 6.45) is 0.204. The lowest BCUT2D eigenvalue weighted by Crippen LogP contribution is -2.48. The van der Waals surface area contributed by atoms with E-state index in [9.17, 15) is 14.4 Å². The third-order valence-corrected chi connectivity index (χ3v) is 4.37. The highest BCUT2D eigenvalue weighted by atomic mass is 16.2. The van der Waals surface area contributed by atoms with Crippen LogP contribution in [0.2, 0.25) is 0 Å². The Labute approximate surface area is 147 Å². The van der Waals surface area contributed by atoms with E-state index < -0.39 is 6.04 Å². The smallest absolute Gasteiger partial charge is 0.242 e. The van der Waals surface area contributed by atoms with Crippen molar-refractivity contribution in [3.05, 3.63) is 35.9 Å². The number of nitrogens with two attached hydrogens (primary N) is 1. The average molecular weight is 346 g/mol. The van der Waals surface area contributed by atoms with E-state index in [0.717, 1.165) is 5.56 Å². The number of benzene rings is 1. The van der Waals surface area contributed by atoms with Crippen LogP contribution in [0.3, 0.4) is 0 Å². The number of carbonyl (C=O) groups is 3. The van der Waals surface area contributed by atoms with Gasteiger partial charge in [0.15, 0.2) is 0 Å². The number of hydrogen-bond donors (Lipinski definition) is 3. The second-order valence-electron chi connectivity index (χ2n) is 6.56. The Balaban J connectivity index is 2.09. The predicted octanol–water partition coefficient (Wildman–Crippen LogP) is 0.176. The highest BCUT2D eigenvalue weighted by molar-refractivity contribution is 5.88. The second kappa shape index (κ2) is 8.62. The molecule has 7 heteroatoms. The molecule has 0 spiro atoms. The first-order chi connectivity index (χ1) is 11.9. The Bertz CT molecular complexity index is 618. The van der Waals surface area contributed by atoms with Crippen molar-refractivity contribution < 1.29 is 14.4 Å². The van der Waals surface area contributed by atoms with Gasteiger partial charge in [-0.05, 0) is 11.5 Å². The SMILES string of the molecule is CC(C)[C@H](N)C(=O)NCC(=O)N1CCNC(=O)CC1c1ccccc1. The summed E-state index contributed by atoms with van der Waals surface area (Å²) in [4.78, 5) is 38.2. The van der Waals surface area contributed by atoms with Gasteiger partial charge in [-0.25, -0.2) is 0 Å². The first-order valence-electron chi connectivity index (χ1n) is 8.54. The molecular formula is C18H26N4O3. The minimum Gasteiger partial charge on any atom is -0.354 e. The first kappa shape index (κ1) is 18.9. The van der Waals surface area contributed by atoms with Gasteiger partial charge in [0, 0.05) is 13.1 Å². The molecule has 1 unspecified atom stereocenters. The molecule has 4 N–H and O–H groups in total. The molecule has 1 heterocycles. The number of carbonyl (C=O) groups excluding carboxylic acids is 3. The second-order valence-corrected chi connectivity index (χ2v) is 6.56. The average Bonchev–Trinajstić information content (AvgIpc) is 2.81. The van der Waals surface area contributed by atoms with Crippen molar-refractivity contribution in [1.29, 1.82) is 0 Å². The molecule has 1 aromatic carbocycles. The van der Waals surface area contributed by atoms with Crippen LogP contribution in [0.25, 0.3) is 0 Å². The van der Waals surface area contributed by atoms with Crippen molar-refractivity contribution in [3.8, 4) is 0 Å². The van der Waals surface area contributed by atoms with Crippen molar-refractivity contribution in [3.63, 3.8) is 0 Å². The van der Waals surface area contributed by atoms with Gasteiger partial charge < -0.3 is 21.3 Å². The molecule has 136 valence electrons. The molecule has 0 aliphatic carbocycles. The zero-order valence-electron chi connectivity index (χ0n) is 14.7. The minimum atomic E-state index is -0.648. The zero-order valence-corrected chi connectivity index (χ0v) is 14.7. The van der Waals surface area contributed by atoms with Crippen molar-refractivity contribution in [1.82, 2.24) is 15.5 Å². The normalized spacial score (nSPS) is 19.1. The summed E-state index contributed by atoms with van der Waals surface area (Å²) < 4.78 is 0. The van der Waals surface area contributed by atoms with E-state index in [4.69, 9.17) is 5.73 Å². The maximum Gasteiger partial charge on any atom is 0.242 e. The zero-order chi connectivity index (χ0) is 18.4. The van der Waals surface area contributed by atoms with E-state index in [2.05, 4.69) is 10.6 Å². The van der Waals surface area contributed by atoms with Crippen LogP contribution >= 0.6 is 0 Å². The largest absolute Gasteiger partial charge is 0.354 e. The summed E-state index contributed by atoms with van der Waals surface area (Å²) in [6, 6.07) is 8.46. The quantitative estimate of drug-likeness (QED) is 0.707. The van der Waals surface area contributed by atoms with E-state index in [0.29, 0.717) is 13.1 Å². The first-order valence-corrected chi connectivity index (χ1v) is 8.54. The molecule has 1 fully saturated rings. The lowest BCUT2D eigenvalue weighted by molar-refractivity contribution is -0.135. The van der Waals surface area contributed by atoms with E-state index in [1.807, 2.05) is 44.2 Å². The minimum absolute atomic E-state index is 0.00724. The molecule has 0 bridgehead atoms. The Hall–Kier alpha value is -2.41. The topological polar surface area (TPSA) is 105 Å². The molecule has 2 atom stereocenters. The number of hydrogen-bond acceptors (Lipinski definition) is 4. The lowest BCUT2D eigenvalue weighted by Gasteiger charge is -2.30. The van der Waals surface area contributed by atoms with Crippen molar-refractivity contribution >= 4 is 17.7 Å². The highest BCUT2D eigenvalue weighted by Gasteiger charge is 2.30.